The van der Waals surface area contributed by atoms with E-state index in [1.165, 1.54) is 11.8 Å². The van der Waals surface area contributed by atoms with Gasteiger partial charge in [-0.1, -0.05) is 30.3 Å². The average molecular weight is 443 g/mol. The largest absolute Gasteiger partial charge is 0.325 e. The molecule has 0 bridgehead atoms. The van der Waals surface area contributed by atoms with Gasteiger partial charge in [0.2, 0.25) is 10.0 Å². The Hall–Kier alpha value is -2.00. The zero-order valence-electron chi connectivity index (χ0n) is 17.1. The molecule has 1 spiro atoms. The third-order valence-electron chi connectivity index (χ3n) is 6.42. The van der Waals surface area contributed by atoms with Crippen LogP contribution < -0.4 is 0 Å². The molecule has 1 aromatic carbocycles. The number of nitrogens with zero attached hydrogens (tertiary/aromatic N) is 4. The first kappa shape index (κ1) is 19.9. The summed E-state index contributed by atoms with van der Waals surface area (Å²) in [5.41, 5.74) is 2.95. The number of likely N-dealkylation sites (tertiary alicyclic amines) is 1. The van der Waals surface area contributed by atoms with Crippen molar-refractivity contribution < 1.29 is 8.42 Å². The van der Waals surface area contributed by atoms with Crippen LogP contribution >= 0.6 is 11.3 Å². The Bertz CT molecular complexity index is 1120. The van der Waals surface area contributed by atoms with Crippen molar-refractivity contribution in [1.29, 1.82) is 0 Å². The van der Waals surface area contributed by atoms with Crippen molar-refractivity contribution >= 4 is 21.4 Å². The molecule has 0 radical (unpaired) electrons. The Morgan fingerprint density at radius 3 is 2.50 bits per heavy atom. The Balaban J connectivity index is 1.50. The minimum Gasteiger partial charge on any atom is -0.325 e. The fraction of sp³-hybridized carbons (Fsp3) is 0.409. The van der Waals surface area contributed by atoms with Crippen LogP contribution in [0, 0.1) is 0 Å². The van der Waals surface area contributed by atoms with E-state index in [0.29, 0.717) is 13.1 Å². The molecule has 1 saturated heterocycles. The smallest absolute Gasteiger partial charge is 0.212 e. The van der Waals surface area contributed by atoms with Gasteiger partial charge in [-0.25, -0.2) is 13.4 Å². The molecule has 0 atom stereocenters. The van der Waals surface area contributed by atoms with E-state index in [9.17, 15) is 8.42 Å². The molecule has 1 fully saturated rings. The molecule has 2 aliphatic rings. The molecule has 2 aliphatic heterocycles. The van der Waals surface area contributed by atoms with Gasteiger partial charge in [-0.15, -0.1) is 0 Å². The predicted molar refractivity (Wildman–Crippen MR) is 120 cm³/mol. The summed E-state index contributed by atoms with van der Waals surface area (Å²) in [5.74, 6) is 0.896. The minimum absolute atomic E-state index is 0.493. The summed E-state index contributed by atoms with van der Waals surface area (Å²) in [7, 11) is -3.34. The molecule has 0 amide bonds. The minimum atomic E-state index is -3.34. The Labute approximate surface area is 181 Å². The number of imidazole rings is 1. The van der Waals surface area contributed by atoms with Gasteiger partial charge < -0.3 is 4.57 Å². The SMILES string of the molecule is CS(=O)(=O)N1CCn2c(-c3ccccc3)cnc2C12CCN(Cc1ccsc1)CC2. The highest BCUT2D eigenvalue weighted by molar-refractivity contribution is 7.88. The van der Waals surface area contributed by atoms with Gasteiger partial charge in [0, 0.05) is 32.7 Å². The second kappa shape index (κ2) is 7.60. The van der Waals surface area contributed by atoms with Crippen LogP contribution in [-0.4, -0.2) is 53.1 Å². The topological polar surface area (TPSA) is 58.4 Å². The summed E-state index contributed by atoms with van der Waals surface area (Å²) in [6, 6.07) is 12.4. The van der Waals surface area contributed by atoms with E-state index in [2.05, 4.69) is 38.4 Å². The third-order valence-corrected chi connectivity index (χ3v) is 8.48. The number of sulfonamides is 1. The Morgan fingerprint density at radius 1 is 1.07 bits per heavy atom. The molecule has 0 unspecified atom stereocenters. The summed E-state index contributed by atoms with van der Waals surface area (Å²) >= 11 is 1.72. The van der Waals surface area contributed by atoms with Crippen molar-refractivity contribution in [3.63, 3.8) is 0 Å². The summed E-state index contributed by atoms with van der Waals surface area (Å²) in [6.45, 7) is 3.76. The van der Waals surface area contributed by atoms with E-state index < -0.39 is 15.6 Å². The first-order valence-corrected chi connectivity index (χ1v) is 13.1. The number of piperidine rings is 1. The lowest BCUT2D eigenvalue weighted by Crippen LogP contribution is -2.59. The first-order valence-electron chi connectivity index (χ1n) is 10.3. The van der Waals surface area contributed by atoms with E-state index in [1.807, 2.05) is 24.4 Å². The highest BCUT2D eigenvalue weighted by Gasteiger charge is 2.50. The van der Waals surface area contributed by atoms with Gasteiger partial charge in [0.15, 0.2) is 0 Å². The van der Waals surface area contributed by atoms with Crippen molar-refractivity contribution in [3.8, 4) is 11.3 Å². The lowest BCUT2D eigenvalue weighted by Gasteiger charge is -2.49. The highest BCUT2D eigenvalue weighted by Crippen LogP contribution is 2.43. The molecular formula is C22H26N4O2S2. The van der Waals surface area contributed by atoms with E-state index >= 15 is 0 Å². The lowest BCUT2D eigenvalue weighted by atomic mass is 9.85. The summed E-state index contributed by atoms with van der Waals surface area (Å²) in [4.78, 5) is 7.24. The average Bonchev–Trinajstić information content (AvgIpc) is 3.40. The van der Waals surface area contributed by atoms with Crippen LogP contribution in [0.1, 0.15) is 24.2 Å². The maximum atomic E-state index is 12.8. The fourth-order valence-electron chi connectivity index (χ4n) is 5.01. The zero-order chi connectivity index (χ0) is 20.8. The van der Waals surface area contributed by atoms with Gasteiger partial charge in [0.1, 0.15) is 5.82 Å². The van der Waals surface area contributed by atoms with Crippen molar-refractivity contribution in [3.05, 3.63) is 64.7 Å². The van der Waals surface area contributed by atoms with E-state index in [0.717, 1.165) is 49.6 Å². The van der Waals surface area contributed by atoms with E-state index in [-0.39, 0.29) is 0 Å². The highest BCUT2D eigenvalue weighted by atomic mass is 32.2. The van der Waals surface area contributed by atoms with E-state index in [1.54, 1.807) is 15.6 Å². The van der Waals surface area contributed by atoms with Gasteiger partial charge in [-0.3, -0.25) is 4.90 Å². The van der Waals surface area contributed by atoms with Crippen molar-refractivity contribution in [1.82, 2.24) is 18.8 Å². The molecule has 2 aromatic heterocycles. The predicted octanol–water partition coefficient (Wildman–Crippen LogP) is 3.38. The van der Waals surface area contributed by atoms with Crippen LogP contribution in [0.4, 0.5) is 0 Å². The lowest BCUT2D eigenvalue weighted by molar-refractivity contribution is 0.0457. The Morgan fingerprint density at radius 2 is 1.83 bits per heavy atom. The maximum Gasteiger partial charge on any atom is 0.212 e. The van der Waals surface area contributed by atoms with Crippen LogP contribution in [0.5, 0.6) is 0 Å². The normalized spacial score (nSPS) is 19.8. The monoisotopic (exact) mass is 442 g/mol. The van der Waals surface area contributed by atoms with Crippen molar-refractivity contribution in [2.45, 2.75) is 31.5 Å². The molecule has 158 valence electrons. The standard InChI is InChI=1S/C22H26N4O2S2/c1-30(27,28)26-13-12-25-20(19-5-3-2-4-6-19)15-23-21(25)22(26)8-10-24(11-9-22)16-18-7-14-29-17-18/h2-7,14-15,17H,8-13,16H2,1H3. The molecule has 30 heavy (non-hydrogen) atoms. The number of thiophene rings is 1. The van der Waals surface area contributed by atoms with Crippen molar-refractivity contribution in [2.24, 2.45) is 0 Å². The van der Waals surface area contributed by atoms with Gasteiger partial charge in [0.05, 0.1) is 23.7 Å². The first-order chi connectivity index (χ1) is 14.5. The summed E-state index contributed by atoms with van der Waals surface area (Å²) in [6.07, 6.45) is 4.77. The number of hydrogen-bond donors (Lipinski definition) is 0. The number of fused-ring (bicyclic) bond motifs is 2. The van der Waals surface area contributed by atoms with Gasteiger partial charge in [-0.2, -0.15) is 15.6 Å². The molecule has 3 aromatic rings. The third kappa shape index (κ3) is 3.41. The molecule has 4 heterocycles. The number of aromatic nitrogens is 2. The van der Waals surface area contributed by atoms with Gasteiger partial charge in [0.25, 0.3) is 0 Å². The Kier molecular flexibility index (Phi) is 5.05. The van der Waals surface area contributed by atoms with Crippen LogP contribution in [0.3, 0.4) is 0 Å². The second-order valence-electron chi connectivity index (χ2n) is 8.26. The quantitative estimate of drug-likeness (QED) is 0.622. The van der Waals surface area contributed by atoms with Crippen molar-refractivity contribution in [2.75, 3.05) is 25.9 Å². The molecular weight excluding hydrogens is 416 g/mol. The molecule has 6 nitrogen and oxygen atoms in total. The maximum absolute atomic E-state index is 12.8. The van der Waals surface area contributed by atoms with Gasteiger partial charge in [-0.05, 0) is 40.8 Å². The second-order valence-corrected chi connectivity index (χ2v) is 10.9. The molecule has 5 rings (SSSR count). The fourth-order valence-corrected chi connectivity index (χ4v) is 6.98. The molecule has 8 heteroatoms. The number of hydrogen-bond acceptors (Lipinski definition) is 5. The summed E-state index contributed by atoms with van der Waals surface area (Å²) in [5, 5.41) is 4.29. The van der Waals surface area contributed by atoms with Crippen LogP contribution in [0.25, 0.3) is 11.3 Å². The molecule has 0 aliphatic carbocycles. The molecule has 0 N–H and O–H groups in total. The van der Waals surface area contributed by atoms with Crippen LogP contribution in [-0.2, 0) is 28.7 Å². The van der Waals surface area contributed by atoms with Gasteiger partial charge >= 0.3 is 0 Å². The zero-order valence-corrected chi connectivity index (χ0v) is 18.7. The summed E-state index contributed by atoms with van der Waals surface area (Å²) < 4.78 is 29.5. The van der Waals surface area contributed by atoms with Crippen LogP contribution in [0.15, 0.2) is 53.4 Å². The molecule has 0 saturated carbocycles. The van der Waals surface area contributed by atoms with Crippen LogP contribution in [0.2, 0.25) is 0 Å². The van der Waals surface area contributed by atoms with E-state index in [4.69, 9.17) is 4.98 Å². The number of benzene rings is 1. The number of rotatable bonds is 4.